The average molecular weight is 455 g/mol. The highest BCUT2D eigenvalue weighted by Gasteiger charge is 2.28. The topological polar surface area (TPSA) is 114 Å². The first-order chi connectivity index (χ1) is 15.9. The van der Waals surface area contributed by atoms with E-state index in [1.54, 1.807) is 32.4 Å². The van der Waals surface area contributed by atoms with Gasteiger partial charge in [0.1, 0.15) is 23.4 Å². The fraction of sp³-hybridized carbons (Fsp3) is 0.440. The zero-order valence-electron chi connectivity index (χ0n) is 19.1. The van der Waals surface area contributed by atoms with Gasteiger partial charge < -0.3 is 29.4 Å². The number of aromatic amines is 1. The van der Waals surface area contributed by atoms with Crippen molar-refractivity contribution < 1.29 is 29.2 Å². The second-order valence-electron chi connectivity index (χ2n) is 8.59. The largest absolute Gasteiger partial charge is 0.496 e. The standard InChI is InChI=1S/C25H30N2O6/c1-14-20(31-2)10-17(11-21(14)32-3)24(28)22(33-13-15-5-4-6-15)12-23-26-18-8-7-16(25(29)30)9-19(18)27-23/h7-11,15,22,24,28H,4-6,12-13H2,1-3H3,(H,26,27)(H,29,30). The molecular formula is C25H30N2O6. The van der Waals surface area contributed by atoms with Gasteiger partial charge in [0.2, 0.25) is 0 Å². The van der Waals surface area contributed by atoms with Crippen molar-refractivity contribution in [1.29, 1.82) is 0 Å². The van der Waals surface area contributed by atoms with Crippen LogP contribution in [0.1, 0.15) is 52.7 Å². The molecule has 4 rings (SSSR count). The number of methoxy groups -OCH3 is 2. The number of hydrogen-bond acceptors (Lipinski definition) is 6. The maximum Gasteiger partial charge on any atom is 0.335 e. The van der Waals surface area contributed by atoms with Crippen molar-refractivity contribution in [2.45, 2.75) is 44.8 Å². The summed E-state index contributed by atoms with van der Waals surface area (Å²) in [5.74, 6) is 1.39. The maximum atomic E-state index is 11.3. The summed E-state index contributed by atoms with van der Waals surface area (Å²) >= 11 is 0. The number of hydrogen-bond donors (Lipinski definition) is 3. The highest BCUT2D eigenvalue weighted by molar-refractivity contribution is 5.92. The van der Waals surface area contributed by atoms with E-state index in [0.717, 1.165) is 23.9 Å². The summed E-state index contributed by atoms with van der Waals surface area (Å²) in [5, 5.41) is 20.6. The van der Waals surface area contributed by atoms with Gasteiger partial charge in [0.25, 0.3) is 0 Å². The monoisotopic (exact) mass is 454 g/mol. The van der Waals surface area contributed by atoms with Crippen LogP contribution in [-0.4, -0.2) is 53.1 Å². The fourth-order valence-corrected chi connectivity index (χ4v) is 4.15. The third-order valence-electron chi connectivity index (χ3n) is 6.41. The lowest BCUT2D eigenvalue weighted by Crippen LogP contribution is -2.29. The number of nitrogens with one attached hydrogen (secondary N) is 1. The van der Waals surface area contributed by atoms with Crippen molar-refractivity contribution in [2.75, 3.05) is 20.8 Å². The normalized spacial score (nSPS) is 15.8. The Hall–Kier alpha value is -3.10. The second-order valence-corrected chi connectivity index (χ2v) is 8.59. The van der Waals surface area contributed by atoms with Crippen LogP contribution in [0.2, 0.25) is 0 Å². The molecule has 1 aliphatic carbocycles. The first kappa shape index (κ1) is 23.1. The lowest BCUT2D eigenvalue weighted by atomic mass is 9.86. The van der Waals surface area contributed by atoms with Crippen molar-refractivity contribution in [2.24, 2.45) is 5.92 Å². The number of carboxylic acid groups (broad SMARTS) is 1. The number of aromatic nitrogens is 2. The number of aliphatic hydroxyl groups is 1. The molecule has 2 aromatic carbocycles. The predicted octanol–water partition coefficient (Wildman–Crippen LogP) is 4.05. The number of fused-ring (bicyclic) bond motifs is 1. The molecule has 0 spiro atoms. The molecule has 8 heteroatoms. The van der Waals surface area contributed by atoms with Gasteiger partial charge in [-0.3, -0.25) is 0 Å². The predicted molar refractivity (Wildman–Crippen MR) is 123 cm³/mol. The van der Waals surface area contributed by atoms with Crippen molar-refractivity contribution in [3.8, 4) is 11.5 Å². The van der Waals surface area contributed by atoms with Crippen LogP contribution >= 0.6 is 0 Å². The number of H-pyrrole nitrogens is 1. The van der Waals surface area contributed by atoms with Crippen molar-refractivity contribution in [3.63, 3.8) is 0 Å². The number of ether oxygens (including phenoxy) is 3. The third-order valence-corrected chi connectivity index (χ3v) is 6.41. The minimum Gasteiger partial charge on any atom is -0.496 e. The molecule has 0 amide bonds. The molecule has 1 aromatic heterocycles. The van der Waals surface area contributed by atoms with Crippen LogP contribution in [0.5, 0.6) is 11.5 Å². The van der Waals surface area contributed by atoms with Gasteiger partial charge in [0, 0.05) is 18.6 Å². The van der Waals surface area contributed by atoms with Crippen LogP contribution in [-0.2, 0) is 11.2 Å². The van der Waals surface area contributed by atoms with Crippen LogP contribution in [0.25, 0.3) is 11.0 Å². The average Bonchev–Trinajstić information content (AvgIpc) is 3.18. The summed E-state index contributed by atoms with van der Waals surface area (Å²) in [6, 6.07) is 8.39. The minimum absolute atomic E-state index is 0.178. The van der Waals surface area contributed by atoms with Crippen molar-refractivity contribution in [1.82, 2.24) is 9.97 Å². The molecule has 33 heavy (non-hydrogen) atoms. The first-order valence-corrected chi connectivity index (χ1v) is 11.1. The molecule has 8 nitrogen and oxygen atoms in total. The summed E-state index contributed by atoms with van der Waals surface area (Å²) in [7, 11) is 3.17. The highest BCUT2D eigenvalue weighted by atomic mass is 16.5. The molecule has 176 valence electrons. The van der Waals surface area contributed by atoms with Gasteiger partial charge in [0.15, 0.2) is 0 Å². The fourth-order valence-electron chi connectivity index (χ4n) is 4.15. The van der Waals surface area contributed by atoms with Gasteiger partial charge >= 0.3 is 5.97 Å². The smallest absolute Gasteiger partial charge is 0.335 e. The van der Waals surface area contributed by atoms with Crippen LogP contribution < -0.4 is 9.47 Å². The van der Waals surface area contributed by atoms with E-state index >= 15 is 0 Å². The van der Waals surface area contributed by atoms with Gasteiger partial charge in [-0.2, -0.15) is 0 Å². The SMILES string of the molecule is COc1cc(C(O)C(Cc2nc3cc(C(=O)O)ccc3[nH]2)OCC2CCC2)cc(OC)c1C. The van der Waals surface area contributed by atoms with E-state index in [0.29, 0.717) is 47.3 Å². The van der Waals surface area contributed by atoms with Crippen molar-refractivity contribution in [3.05, 3.63) is 52.8 Å². The summed E-state index contributed by atoms with van der Waals surface area (Å²) in [5.41, 5.74) is 2.97. The number of aliphatic hydroxyl groups excluding tert-OH is 1. The van der Waals surface area contributed by atoms with Crippen LogP contribution in [0.4, 0.5) is 0 Å². The van der Waals surface area contributed by atoms with Gasteiger partial charge in [-0.25, -0.2) is 9.78 Å². The lowest BCUT2D eigenvalue weighted by molar-refractivity contribution is -0.0598. The van der Waals surface area contributed by atoms with Crippen LogP contribution in [0.3, 0.4) is 0 Å². The zero-order chi connectivity index (χ0) is 23.5. The Balaban J connectivity index is 1.62. The molecule has 1 fully saturated rings. The lowest BCUT2D eigenvalue weighted by Gasteiger charge is -2.30. The van der Waals surface area contributed by atoms with E-state index in [1.165, 1.54) is 18.6 Å². The zero-order valence-corrected chi connectivity index (χ0v) is 19.1. The Morgan fingerprint density at radius 1 is 1.18 bits per heavy atom. The van der Waals surface area contributed by atoms with E-state index in [-0.39, 0.29) is 5.56 Å². The quantitative estimate of drug-likeness (QED) is 0.423. The Bertz CT molecular complexity index is 1110. The Morgan fingerprint density at radius 3 is 2.45 bits per heavy atom. The minimum atomic E-state index is -0.999. The molecule has 2 atom stereocenters. The van der Waals surface area contributed by atoms with Crippen molar-refractivity contribution >= 4 is 17.0 Å². The van der Waals surface area contributed by atoms with Gasteiger partial charge in [-0.1, -0.05) is 6.42 Å². The summed E-state index contributed by atoms with van der Waals surface area (Å²) < 4.78 is 17.2. The van der Waals surface area contributed by atoms with E-state index in [2.05, 4.69) is 9.97 Å². The summed E-state index contributed by atoms with van der Waals surface area (Å²) in [6.07, 6.45) is 2.33. The molecule has 3 aromatic rings. The van der Waals surface area contributed by atoms with E-state index < -0.39 is 18.2 Å². The van der Waals surface area contributed by atoms with E-state index in [1.807, 2.05) is 6.92 Å². The third kappa shape index (κ3) is 4.96. The number of carboxylic acids is 1. The summed E-state index contributed by atoms with van der Waals surface area (Å²) in [4.78, 5) is 19.1. The number of imidazole rings is 1. The molecule has 0 saturated heterocycles. The molecular weight excluding hydrogens is 424 g/mol. The van der Waals surface area contributed by atoms with Gasteiger partial charge in [-0.15, -0.1) is 0 Å². The van der Waals surface area contributed by atoms with E-state index in [9.17, 15) is 15.0 Å². The second kappa shape index (κ2) is 9.80. The Morgan fingerprint density at radius 2 is 1.88 bits per heavy atom. The number of nitrogens with zero attached hydrogens (tertiary/aromatic N) is 1. The molecule has 0 aliphatic heterocycles. The number of rotatable bonds is 10. The van der Waals surface area contributed by atoms with Crippen LogP contribution in [0, 0.1) is 12.8 Å². The number of aromatic carboxylic acids is 1. The highest BCUT2D eigenvalue weighted by Crippen LogP contribution is 2.35. The number of benzene rings is 2. The molecule has 1 saturated carbocycles. The molecule has 1 aliphatic rings. The molecule has 3 N–H and O–H groups in total. The van der Waals surface area contributed by atoms with Crippen LogP contribution in [0.15, 0.2) is 30.3 Å². The molecule has 0 radical (unpaired) electrons. The molecule has 1 heterocycles. The summed E-state index contributed by atoms with van der Waals surface area (Å²) in [6.45, 7) is 2.48. The first-order valence-electron chi connectivity index (χ1n) is 11.1. The maximum absolute atomic E-state index is 11.3. The molecule has 2 unspecified atom stereocenters. The Kier molecular flexibility index (Phi) is 6.85. The number of carbonyl (C=O) groups is 1. The van der Waals surface area contributed by atoms with Gasteiger partial charge in [-0.05, 0) is 61.6 Å². The van der Waals surface area contributed by atoms with Gasteiger partial charge in [0.05, 0.1) is 36.9 Å². The molecule has 0 bridgehead atoms. The Labute approximate surface area is 192 Å². The van der Waals surface area contributed by atoms with E-state index in [4.69, 9.17) is 14.2 Å².